The minimum Gasteiger partial charge on any atom is -0.368 e. The summed E-state index contributed by atoms with van der Waals surface area (Å²) in [4.78, 5) is 28.2. The van der Waals surface area contributed by atoms with Gasteiger partial charge in [0.05, 0.1) is 12.9 Å². The van der Waals surface area contributed by atoms with Gasteiger partial charge in [0.25, 0.3) is 0 Å². The minimum atomic E-state index is -0.399. The zero-order valence-electron chi connectivity index (χ0n) is 9.43. The van der Waals surface area contributed by atoms with Gasteiger partial charge in [0, 0.05) is 6.04 Å². The predicted molar refractivity (Wildman–Crippen MR) is 66.3 cm³/mol. The Kier molecular flexibility index (Phi) is 2.55. The Morgan fingerprint density at radius 3 is 3.00 bits per heavy atom. The highest BCUT2D eigenvalue weighted by Crippen LogP contribution is 2.33. The smallest absolute Gasteiger partial charge is 0.237 e. The highest BCUT2D eigenvalue weighted by Gasteiger charge is 2.32. The van der Waals surface area contributed by atoms with Crippen molar-refractivity contribution < 1.29 is 4.79 Å². The Morgan fingerprint density at radius 2 is 2.33 bits per heavy atom. The number of nitrogens with one attached hydrogen (secondary N) is 1. The highest BCUT2D eigenvalue weighted by atomic mass is 35.5. The molecule has 0 bridgehead atoms. The molecule has 0 unspecified atom stereocenters. The van der Waals surface area contributed by atoms with Crippen molar-refractivity contribution in [2.24, 2.45) is 5.73 Å². The van der Waals surface area contributed by atoms with Crippen LogP contribution in [0.2, 0.25) is 5.28 Å². The lowest BCUT2D eigenvalue weighted by Gasteiger charge is -2.21. The Labute approximate surface area is 107 Å². The molecule has 1 aliphatic rings. The molecule has 0 aromatic carbocycles. The van der Waals surface area contributed by atoms with Crippen LogP contribution in [0.1, 0.15) is 12.8 Å². The van der Waals surface area contributed by atoms with E-state index < -0.39 is 5.91 Å². The average molecular weight is 267 g/mol. The van der Waals surface area contributed by atoms with Gasteiger partial charge in [0.2, 0.25) is 11.2 Å². The number of nitrogens with two attached hydrogens (primary N) is 1. The highest BCUT2D eigenvalue weighted by molar-refractivity contribution is 6.28. The molecule has 0 aliphatic heterocycles. The predicted octanol–water partition coefficient (Wildman–Crippen LogP) is 0.460. The summed E-state index contributed by atoms with van der Waals surface area (Å²) in [5, 5.41) is 0.111. The molecule has 2 aromatic heterocycles. The molecule has 0 saturated heterocycles. The zero-order valence-corrected chi connectivity index (χ0v) is 10.2. The van der Waals surface area contributed by atoms with Crippen molar-refractivity contribution in [3.63, 3.8) is 0 Å². The van der Waals surface area contributed by atoms with Crippen LogP contribution in [-0.2, 0) is 4.79 Å². The number of hydrogen-bond donors (Lipinski definition) is 2. The molecule has 0 radical (unpaired) electrons. The minimum absolute atomic E-state index is 0.111. The first-order valence-electron chi connectivity index (χ1n) is 5.56. The maximum absolute atomic E-state index is 11.2. The number of fused-ring (bicyclic) bond motifs is 1. The van der Waals surface area contributed by atoms with Crippen LogP contribution in [0.15, 0.2) is 6.33 Å². The number of amides is 1. The summed E-state index contributed by atoms with van der Waals surface area (Å²) in [5.41, 5.74) is 6.43. The first-order chi connectivity index (χ1) is 8.65. The van der Waals surface area contributed by atoms with E-state index in [-0.39, 0.29) is 17.9 Å². The Bertz CT molecular complexity index is 607. The standard InChI is InChI=1S/C10H11ClN6O/c11-10-15-8-7(13-4-14-8)9(16-10)17(3-6(12)18)5-1-2-5/h4-5H,1-3H2,(H2,12,18)(H,13,14,15,16). The average Bonchev–Trinajstić information content (AvgIpc) is 3.04. The van der Waals surface area contributed by atoms with E-state index in [4.69, 9.17) is 17.3 Å². The van der Waals surface area contributed by atoms with E-state index in [9.17, 15) is 4.79 Å². The fourth-order valence-corrected chi connectivity index (χ4v) is 2.09. The molecular weight excluding hydrogens is 256 g/mol. The molecule has 1 fully saturated rings. The quantitative estimate of drug-likeness (QED) is 0.783. The van der Waals surface area contributed by atoms with Crippen LogP contribution in [0.5, 0.6) is 0 Å². The van der Waals surface area contributed by atoms with Crippen LogP contribution in [0.4, 0.5) is 5.82 Å². The van der Waals surface area contributed by atoms with Crippen molar-refractivity contribution in [2.45, 2.75) is 18.9 Å². The molecule has 2 aromatic rings. The SMILES string of the molecule is NC(=O)CN(c1nc(Cl)nc2nc[nH]c12)C1CC1. The number of H-pyrrole nitrogens is 1. The lowest BCUT2D eigenvalue weighted by atomic mass is 10.4. The molecule has 8 heteroatoms. The van der Waals surface area contributed by atoms with Crippen molar-refractivity contribution in [1.29, 1.82) is 0 Å². The lowest BCUT2D eigenvalue weighted by Crippen LogP contribution is -2.36. The number of primary amides is 1. The molecule has 0 atom stereocenters. The van der Waals surface area contributed by atoms with Crippen molar-refractivity contribution >= 4 is 34.5 Å². The van der Waals surface area contributed by atoms with Gasteiger partial charge < -0.3 is 15.6 Å². The lowest BCUT2D eigenvalue weighted by molar-refractivity contribution is -0.116. The van der Waals surface area contributed by atoms with Crippen LogP contribution in [0, 0.1) is 0 Å². The number of rotatable bonds is 4. The zero-order chi connectivity index (χ0) is 12.7. The van der Waals surface area contributed by atoms with E-state index >= 15 is 0 Å². The number of halogens is 1. The van der Waals surface area contributed by atoms with E-state index in [1.54, 1.807) is 0 Å². The van der Waals surface area contributed by atoms with Crippen LogP contribution >= 0.6 is 11.6 Å². The number of carbonyl (C=O) groups is 1. The van der Waals surface area contributed by atoms with Gasteiger partial charge in [-0.1, -0.05) is 0 Å². The maximum Gasteiger partial charge on any atom is 0.237 e. The van der Waals surface area contributed by atoms with Gasteiger partial charge in [-0.15, -0.1) is 0 Å². The van der Waals surface area contributed by atoms with Crippen molar-refractivity contribution in [3.8, 4) is 0 Å². The van der Waals surface area contributed by atoms with E-state index in [1.807, 2.05) is 4.90 Å². The third-order valence-electron chi connectivity index (χ3n) is 2.83. The van der Waals surface area contributed by atoms with Crippen LogP contribution in [0.25, 0.3) is 11.2 Å². The number of nitrogens with zero attached hydrogens (tertiary/aromatic N) is 4. The molecular formula is C10H11ClN6O. The summed E-state index contributed by atoms with van der Waals surface area (Å²) < 4.78 is 0. The molecule has 1 aliphatic carbocycles. The molecule has 1 amide bonds. The van der Waals surface area contributed by atoms with Gasteiger partial charge in [-0.05, 0) is 24.4 Å². The first-order valence-corrected chi connectivity index (χ1v) is 5.94. The molecule has 1 saturated carbocycles. The summed E-state index contributed by atoms with van der Waals surface area (Å²) in [6.07, 6.45) is 3.56. The van der Waals surface area contributed by atoms with Gasteiger partial charge in [-0.2, -0.15) is 9.97 Å². The van der Waals surface area contributed by atoms with Crippen molar-refractivity contribution in [1.82, 2.24) is 19.9 Å². The van der Waals surface area contributed by atoms with Crippen LogP contribution < -0.4 is 10.6 Å². The van der Waals surface area contributed by atoms with Gasteiger partial charge in [-0.25, -0.2) is 4.98 Å². The molecule has 18 heavy (non-hydrogen) atoms. The summed E-state index contributed by atoms with van der Waals surface area (Å²) in [6, 6.07) is 0.287. The summed E-state index contributed by atoms with van der Waals surface area (Å²) >= 11 is 5.87. The summed E-state index contributed by atoms with van der Waals surface area (Å²) in [5.74, 6) is 0.188. The normalized spacial score (nSPS) is 14.9. The first kappa shape index (κ1) is 11.2. The summed E-state index contributed by atoms with van der Waals surface area (Å²) in [7, 11) is 0. The second-order valence-corrected chi connectivity index (χ2v) is 4.58. The van der Waals surface area contributed by atoms with Gasteiger partial charge in [-0.3, -0.25) is 4.79 Å². The Hall–Kier alpha value is -1.89. The maximum atomic E-state index is 11.2. The number of imidazole rings is 1. The molecule has 94 valence electrons. The fourth-order valence-electron chi connectivity index (χ4n) is 1.93. The molecule has 2 heterocycles. The molecule has 7 nitrogen and oxygen atoms in total. The van der Waals surface area contributed by atoms with Crippen LogP contribution in [0.3, 0.4) is 0 Å². The molecule has 3 rings (SSSR count). The third-order valence-corrected chi connectivity index (χ3v) is 2.99. The number of aromatic nitrogens is 4. The van der Waals surface area contributed by atoms with Gasteiger partial charge in [0.1, 0.15) is 5.52 Å². The Morgan fingerprint density at radius 1 is 1.56 bits per heavy atom. The second-order valence-electron chi connectivity index (χ2n) is 4.24. The Balaban J connectivity index is 2.09. The second kappa shape index (κ2) is 4.09. The van der Waals surface area contributed by atoms with Crippen molar-refractivity contribution in [3.05, 3.63) is 11.6 Å². The van der Waals surface area contributed by atoms with Crippen molar-refractivity contribution in [2.75, 3.05) is 11.4 Å². The van der Waals surface area contributed by atoms with E-state index in [2.05, 4.69) is 19.9 Å². The third kappa shape index (κ3) is 1.97. The molecule has 3 N–H and O–H groups in total. The monoisotopic (exact) mass is 266 g/mol. The fraction of sp³-hybridized carbons (Fsp3) is 0.400. The van der Waals surface area contributed by atoms with Crippen LogP contribution in [-0.4, -0.2) is 38.4 Å². The van der Waals surface area contributed by atoms with E-state index in [0.717, 1.165) is 12.8 Å². The van der Waals surface area contributed by atoms with E-state index in [1.165, 1.54) is 6.33 Å². The van der Waals surface area contributed by atoms with E-state index in [0.29, 0.717) is 17.0 Å². The number of anilines is 1. The van der Waals surface area contributed by atoms with Gasteiger partial charge >= 0.3 is 0 Å². The summed E-state index contributed by atoms with van der Waals surface area (Å²) in [6.45, 7) is 0.117. The topological polar surface area (TPSA) is 101 Å². The molecule has 0 spiro atoms. The number of carbonyl (C=O) groups excluding carboxylic acids is 1. The number of aromatic amines is 1. The largest absolute Gasteiger partial charge is 0.368 e. The van der Waals surface area contributed by atoms with Gasteiger partial charge in [0.15, 0.2) is 11.5 Å². The number of hydrogen-bond acceptors (Lipinski definition) is 5.